The van der Waals surface area contributed by atoms with Gasteiger partial charge in [0, 0.05) is 23.9 Å². The molecule has 28 heavy (non-hydrogen) atoms. The van der Waals surface area contributed by atoms with Crippen molar-refractivity contribution in [3.05, 3.63) is 69.8 Å². The van der Waals surface area contributed by atoms with Crippen LogP contribution in [0.15, 0.2) is 48.5 Å². The van der Waals surface area contributed by atoms with Crippen LogP contribution in [0.25, 0.3) is 6.08 Å². The van der Waals surface area contributed by atoms with Crippen LogP contribution in [-0.2, 0) is 14.8 Å². The minimum Gasteiger partial charge on any atom is -0.322 e. The van der Waals surface area contributed by atoms with Crippen LogP contribution in [0.2, 0.25) is 0 Å². The number of nitro benzene ring substituents is 1. The summed E-state index contributed by atoms with van der Waals surface area (Å²) >= 11 is 0. The van der Waals surface area contributed by atoms with Gasteiger partial charge in [-0.3, -0.25) is 19.6 Å². The van der Waals surface area contributed by atoms with E-state index in [0.29, 0.717) is 28.9 Å². The molecule has 0 aromatic heterocycles. The molecule has 0 aliphatic carbocycles. The Morgan fingerprint density at radius 1 is 1.14 bits per heavy atom. The van der Waals surface area contributed by atoms with Crippen LogP contribution in [0.4, 0.5) is 17.1 Å². The lowest BCUT2D eigenvalue weighted by molar-refractivity contribution is -0.384. The molecule has 0 bridgehead atoms. The summed E-state index contributed by atoms with van der Waals surface area (Å²) in [6.07, 6.45) is 3.33. The van der Waals surface area contributed by atoms with E-state index in [1.165, 1.54) is 36.4 Å². The first-order chi connectivity index (χ1) is 13.2. The summed E-state index contributed by atoms with van der Waals surface area (Å²) in [4.78, 5) is 22.3. The maximum absolute atomic E-state index is 12.2. The number of non-ortho nitro benzene ring substituents is 1. The van der Waals surface area contributed by atoms with Gasteiger partial charge in [0.2, 0.25) is 15.9 Å². The van der Waals surface area contributed by atoms with Crippen LogP contribution in [-0.4, -0.2) is 25.0 Å². The number of nitrogens with one attached hydrogen (secondary N) is 2. The summed E-state index contributed by atoms with van der Waals surface area (Å²) in [7, 11) is -3.43. The van der Waals surface area contributed by atoms with Crippen molar-refractivity contribution >= 4 is 39.1 Å². The fourth-order valence-corrected chi connectivity index (χ4v) is 3.62. The molecule has 8 nitrogen and oxygen atoms in total. The Morgan fingerprint density at radius 3 is 2.39 bits per heavy atom. The molecule has 0 saturated carbocycles. The zero-order valence-corrected chi connectivity index (χ0v) is 16.3. The Labute approximate surface area is 163 Å². The molecule has 0 spiro atoms. The SMILES string of the molecule is CCCS(=O)(=O)Nc1cccc(NC(=O)C=Cc2ccc([N+](=O)[O-])cc2)c1C. The minimum absolute atomic E-state index is 0.0149. The topological polar surface area (TPSA) is 118 Å². The quantitative estimate of drug-likeness (QED) is 0.396. The molecule has 0 unspecified atom stereocenters. The maximum atomic E-state index is 12.2. The molecule has 2 aromatic carbocycles. The van der Waals surface area contributed by atoms with Crippen LogP contribution in [0.5, 0.6) is 0 Å². The Bertz CT molecular complexity index is 999. The van der Waals surface area contributed by atoms with E-state index in [2.05, 4.69) is 10.0 Å². The smallest absolute Gasteiger partial charge is 0.269 e. The van der Waals surface area contributed by atoms with Crippen molar-refractivity contribution in [2.75, 3.05) is 15.8 Å². The third kappa shape index (κ3) is 5.92. The molecule has 0 radical (unpaired) electrons. The molecule has 0 atom stereocenters. The number of carbonyl (C=O) groups excluding carboxylic acids is 1. The summed E-state index contributed by atoms with van der Waals surface area (Å²) in [5, 5.41) is 13.3. The Morgan fingerprint density at radius 2 is 1.79 bits per heavy atom. The van der Waals surface area contributed by atoms with Gasteiger partial charge in [-0.15, -0.1) is 0 Å². The second-order valence-corrected chi connectivity index (χ2v) is 7.91. The van der Waals surface area contributed by atoms with Crippen LogP contribution in [0.1, 0.15) is 24.5 Å². The van der Waals surface area contributed by atoms with Crippen molar-refractivity contribution in [3.63, 3.8) is 0 Å². The third-order valence-electron chi connectivity index (χ3n) is 3.86. The highest BCUT2D eigenvalue weighted by Gasteiger charge is 2.12. The van der Waals surface area contributed by atoms with Gasteiger partial charge >= 0.3 is 0 Å². The van der Waals surface area contributed by atoms with Crippen molar-refractivity contribution in [1.29, 1.82) is 0 Å². The molecule has 2 rings (SSSR count). The second kappa shape index (κ2) is 9.14. The van der Waals surface area contributed by atoms with E-state index < -0.39 is 20.9 Å². The number of carbonyl (C=O) groups is 1. The van der Waals surface area contributed by atoms with Crippen LogP contribution >= 0.6 is 0 Å². The van der Waals surface area contributed by atoms with E-state index in [-0.39, 0.29) is 11.4 Å². The number of sulfonamides is 1. The summed E-state index contributed by atoms with van der Waals surface area (Å²) < 4.78 is 26.4. The van der Waals surface area contributed by atoms with Gasteiger partial charge < -0.3 is 5.32 Å². The fraction of sp³-hybridized carbons (Fsp3) is 0.211. The predicted octanol–water partition coefficient (Wildman–Crippen LogP) is 3.71. The summed E-state index contributed by atoms with van der Waals surface area (Å²) in [5.41, 5.74) is 2.10. The highest BCUT2D eigenvalue weighted by Crippen LogP contribution is 2.24. The van der Waals surface area contributed by atoms with Gasteiger partial charge in [0.05, 0.1) is 16.4 Å². The summed E-state index contributed by atoms with van der Waals surface area (Å²) in [6.45, 7) is 3.49. The number of anilines is 2. The average Bonchev–Trinajstić information content (AvgIpc) is 2.63. The van der Waals surface area contributed by atoms with Gasteiger partial charge in [-0.2, -0.15) is 0 Å². The van der Waals surface area contributed by atoms with E-state index in [0.717, 1.165) is 0 Å². The molecule has 0 aliphatic rings. The van der Waals surface area contributed by atoms with E-state index in [1.807, 2.05) is 0 Å². The molecule has 148 valence electrons. The zero-order chi connectivity index (χ0) is 20.7. The van der Waals surface area contributed by atoms with E-state index in [1.54, 1.807) is 32.0 Å². The van der Waals surface area contributed by atoms with Crippen LogP contribution in [0.3, 0.4) is 0 Å². The van der Waals surface area contributed by atoms with Gasteiger partial charge in [-0.05, 0) is 54.8 Å². The second-order valence-electron chi connectivity index (χ2n) is 6.07. The summed E-state index contributed by atoms with van der Waals surface area (Å²) in [5.74, 6) is -0.393. The lowest BCUT2D eigenvalue weighted by Crippen LogP contribution is -2.17. The lowest BCUT2D eigenvalue weighted by atomic mass is 10.1. The van der Waals surface area contributed by atoms with Crippen molar-refractivity contribution < 1.29 is 18.1 Å². The van der Waals surface area contributed by atoms with Crippen molar-refractivity contribution in [2.45, 2.75) is 20.3 Å². The average molecular weight is 403 g/mol. The number of hydrogen-bond donors (Lipinski definition) is 2. The summed E-state index contributed by atoms with van der Waals surface area (Å²) in [6, 6.07) is 10.7. The highest BCUT2D eigenvalue weighted by atomic mass is 32.2. The monoisotopic (exact) mass is 403 g/mol. The number of nitro groups is 1. The first-order valence-corrected chi connectivity index (χ1v) is 10.2. The minimum atomic E-state index is -3.43. The molecule has 2 aromatic rings. The number of amides is 1. The third-order valence-corrected chi connectivity index (χ3v) is 5.34. The van der Waals surface area contributed by atoms with Gasteiger partial charge in [0.15, 0.2) is 0 Å². The molecule has 0 heterocycles. The normalized spacial score (nSPS) is 11.4. The van der Waals surface area contributed by atoms with Crippen molar-refractivity contribution in [1.82, 2.24) is 0 Å². The van der Waals surface area contributed by atoms with E-state index in [4.69, 9.17) is 0 Å². The van der Waals surface area contributed by atoms with Gasteiger partial charge in [-0.1, -0.05) is 13.0 Å². The molecule has 0 saturated heterocycles. The van der Waals surface area contributed by atoms with Crippen molar-refractivity contribution in [3.8, 4) is 0 Å². The highest BCUT2D eigenvalue weighted by molar-refractivity contribution is 7.92. The lowest BCUT2D eigenvalue weighted by Gasteiger charge is -2.13. The molecule has 2 N–H and O–H groups in total. The number of nitrogens with zero attached hydrogens (tertiary/aromatic N) is 1. The maximum Gasteiger partial charge on any atom is 0.269 e. The van der Waals surface area contributed by atoms with Crippen LogP contribution < -0.4 is 10.0 Å². The number of rotatable bonds is 8. The van der Waals surface area contributed by atoms with Crippen molar-refractivity contribution in [2.24, 2.45) is 0 Å². The first kappa shape index (κ1) is 21.1. The Balaban J connectivity index is 2.09. The fourth-order valence-electron chi connectivity index (χ4n) is 2.42. The number of benzene rings is 2. The van der Waals surface area contributed by atoms with Gasteiger partial charge in [0.25, 0.3) is 5.69 Å². The zero-order valence-electron chi connectivity index (χ0n) is 15.5. The van der Waals surface area contributed by atoms with Gasteiger partial charge in [0.1, 0.15) is 0 Å². The molecule has 0 fully saturated rings. The molecular weight excluding hydrogens is 382 g/mol. The Kier molecular flexibility index (Phi) is 6.89. The standard InChI is InChI=1S/C19H21N3O5S/c1-3-13-28(26,27)21-18-6-4-5-17(14(18)2)20-19(23)12-9-15-7-10-16(11-8-15)22(24)25/h4-12,21H,3,13H2,1-2H3,(H,20,23). The Hall–Kier alpha value is -3.20. The molecule has 9 heteroatoms. The van der Waals surface area contributed by atoms with Crippen LogP contribution in [0, 0.1) is 17.0 Å². The molecule has 0 aliphatic heterocycles. The predicted molar refractivity (Wildman–Crippen MR) is 110 cm³/mol. The van der Waals surface area contributed by atoms with E-state index >= 15 is 0 Å². The molecular formula is C19H21N3O5S. The largest absolute Gasteiger partial charge is 0.322 e. The van der Waals surface area contributed by atoms with E-state index in [9.17, 15) is 23.3 Å². The molecule has 1 amide bonds. The first-order valence-electron chi connectivity index (χ1n) is 8.55. The number of hydrogen-bond acceptors (Lipinski definition) is 5. The van der Waals surface area contributed by atoms with Gasteiger partial charge in [-0.25, -0.2) is 8.42 Å².